The Morgan fingerprint density at radius 2 is 2.30 bits per heavy atom. The van der Waals surface area contributed by atoms with Crippen molar-refractivity contribution < 1.29 is 9.53 Å². The maximum absolute atomic E-state index is 12.0. The first-order valence-electron chi connectivity index (χ1n) is 6.66. The molecule has 0 radical (unpaired) electrons. The molecule has 1 heterocycles. The van der Waals surface area contributed by atoms with Crippen LogP contribution in [0.1, 0.15) is 5.56 Å². The van der Waals surface area contributed by atoms with Crippen molar-refractivity contribution in [1.29, 1.82) is 0 Å². The number of carbonyl (C=O) groups is 1. The number of morpholine rings is 1. The maximum Gasteiger partial charge on any atom is 0.244 e. The molecule has 1 fully saturated rings. The first kappa shape index (κ1) is 15.3. The number of amides is 1. The lowest BCUT2D eigenvalue weighted by Gasteiger charge is -2.37. The highest BCUT2D eigenvalue weighted by Gasteiger charge is 2.30. The van der Waals surface area contributed by atoms with E-state index in [0.717, 1.165) is 28.8 Å². The number of nitrogens with zero attached hydrogens (tertiary/aromatic N) is 1. The lowest BCUT2D eigenvalue weighted by atomic mass is 10.1. The fourth-order valence-corrected chi connectivity index (χ4v) is 2.85. The van der Waals surface area contributed by atoms with Crippen molar-refractivity contribution in [1.82, 2.24) is 10.6 Å². The third kappa shape index (κ3) is 3.31. The SMILES string of the molecule is CNCc1cc(Br)ccc1N1CCOCC1C(=O)NC. The van der Waals surface area contributed by atoms with Crippen molar-refractivity contribution in [2.75, 3.05) is 38.8 Å². The van der Waals surface area contributed by atoms with Crippen LogP contribution in [0.2, 0.25) is 0 Å². The van der Waals surface area contributed by atoms with Crippen molar-refractivity contribution >= 4 is 27.5 Å². The molecule has 1 aromatic rings. The minimum Gasteiger partial charge on any atom is -0.377 e. The molecule has 0 bridgehead atoms. The van der Waals surface area contributed by atoms with E-state index in [2.05, 4.69) is 43.6 Å². The number of hydrogen-bond acceptors (Lipinski definition) is 4. The van der Waals surface area contributed by atoms with Crippen LogP contribution >= 0.6 is 15.9 Å². The van der Waals surface area contributed by atoms with Crippen LogP contribution in [0.15, 0.2) is 22.7 Å². The molecule has 6 heteroatoms. The second kappa shape index (κ2) is 7.06. The summed E-state index contributed by atoms with van der Waals surface area (Å²) in [5.74, 6) is -0.0111. The van der Waals surface area contributed by atoms with Crippen LogP contribution in [0, 0.1) is 0 Å². The highest BCUT2D eigenvalue weighted by atomic mass is 79.9. The summed E-state index contributed by atoms with van der Waals surface area (Å²) >= 11 is 3.50. The summed E-state index contributed by atoms with van der Waals surface area (Å²) in [6.07, 6.45) is 0. The minimum absolute atomic E-state index is 0.0111. The molecule has 20 heavy (non-hydrogen) atoms. The van der Waals surface area contributed by atoms with E-state index in [-0.39, 0.29) is 11.9 Å². The maximum atomic E-state index is 12.0. The van der Waals surface area contributed by atoms with E-state index in [4.69, 9.17) is 4.74 Å². The number of likely N-dealkylation sites (N-methyl/N-ethyl adjacent to an activating group) is 1. The Bertz CT molecular complexity index is 481. The van der Waals surface area contributed by atoms with Gasteiger partial charge in [-0.15, -0.1) is 0 Å². The van der Waals surface area contributed by atoms with Gasteiger partial charge in [-0.2, -0.15) is 0 Å². The molecule has 1 amide bonds. The quantitative estimate of drug-likeness (QED) is 0.861. The molecule has 0 aliphatic carbocycles. The molecule has 1 saturated heterocycles. The molecule has 110 valence electrons. The highest BCUT2D eigenvalue weighted by Crippen LogP contribution is 2.27. The molecule has 1 aromatic carbocycles. The lowest BCUT2D eigenvalue weighted by Crippen LogP contribution is -2.53. The molecule has 0 saturated carbocycles. The standard InChI is InChI=1S/C14H20BrN3O2/c1-16-8-10-7-11(15)3-4-12(10)18-5-6-20-9-13(18)14(19)17-2/h3-4,7,13,16H,5-6,8-9H2,1-2H3,(H,17,19). The summed E-state index contributed by atoms with van der Waals surface area (Å²) in [5.41, 5.74) is 2.25. The predicted octanol–water partition coefficient (Wildman–Crippen LogP) is 1.12. The first-order chi connectivity index (χ1) is 9.67. The van der Waals surface area contributed by atoms with Gasteiger partial charge in [-0.3, -0.25) is 4.79 Å². The fourth-order valence-electron chi connectivity index (χ4n) is 2.44. The number of anilines is 1. The Hall–Kier alpha value is -1.11. The van der Waals surface area contributed by atoms with Crippen LogP contribution in [0.4, 0.5) is 5.69 Å². The molecule has 1 unspecified atom stereocenters. The number of halogens is 1. The Kier molecular flexibility index (Phi) is 5.39. The van der Waals surface area contributed by atoms with Gasteiger partial charge in [-0.1, -0.05) is 15.9 Å². The number of hydrogen-bond donors (Lipinski definition) is 2. The van der Waals surface area contributed by atoms with Gasteiger partial charge in [-0.05, 0) is 30.8 Å². The molecule has 1 atom stereocenters. The zero-order chi connectivity index (χ0) is 14.5. The van der Waals surface area contributed by atoms with Crippen LogP contribution in [-0.2, 0) is 16.1 Å². The van der Waals surface area contributed by atoms with Crippen LogP contribution in [-0.4, -0.2) is 45.8 Å². The minimum atomic E-state index is -0.273. The number of nitrogens with one attached hydrogen (secondary N) is 2. The van der Waals surface area contributed by atoms with Gasteiger partial charge < -0.3 is 20.3 Å². The van der Waals surface area contributed by atoms with Crippen LogP contribution < -0.4 is 15.5 Å². The van der Waals surface area contributed by atoms with E-state index < -0.39 is 0 Å². The topological polar surface area (TPSA) is 53.6 Å². The number of rotatable bonds is 4. The largest absolute Gasteiger partial charge is 0.377 e. The molecular weight excluding hydrogens is 322 g/mol. The normalized spacial score (nSPS) is 18.9. The van der Waals surface area contributed by atoms with Crippen molar-refractivity contribution in [2.45, 2.75) is 12.6 Å². The summed E-state index contributed by atoms with van der Waals surface area (Å²) in [4.78, 5) is 14.2. The Morgan fingerprint density at radius 3 is 3.00 bits per heavy atom. The van der Waals surface area contributed by atoms with Gasteiger partial charge in [0.15, 0.2) is 0 Å². The van der Waals surface area contributed by atoms with Crippen molar-refractivity contribution in [2.24, 2.45) is 0 Å². The van der Waals surface area contributed by atoms with Gasteiger partial charge in [0, 0.05) is 30.3 Å². The van der Waals surface area contributed by atoms with Crippen molar-refractivity contribution in [3.63, 3.8) is 0 Å². The Balaban J connectivity index is 2.34. The van der Waals surface area contributed by atoms with Gasteiger partial charge >= 0.3 is 0 Å². The van der Waals surface area contributed by atoms with E-state index in [9.17, 15) is 4.79 Å². The monoisotopic (exact) mass is 341 g/mol. The number of ether oxygens (including phenoxy) is 1. The van der Waals surface area contributed by atoms with Crippen molar-refractivity contribution in [3.05, 3.63) is 28.2 Å². The van der Waals surface area contributed by atoms with E-state index in [1.807, 2.05) is 13.1 Å². The van der Waals surface area contributed by atoms with Gasteiger partial charge in [0.05, 0.1) is 13.2 Å². The average Bonchev–Trinajstić information content (AvgIpc) is 2.47. The highest BCUT2D eigenvalue weighted by molar-refractivity contribution is 9.10. The molecule has 2 rings (SSSR count). The second-order valence-electron chi connectivity index (χ2n) is 4.70. The molecule has 1 aliphatic heterocycles. The summed E-state index contributed by atoms with van der Waals surface area (Å²) in [6.45, 7) is 2.54. The van der Waals surface area contributed by atoms with Gasteiger partial charge in [0.1, 0.15) is 6.04 Å². The fraction of sp³-hybridized carbons (Fsp3) is 0.500. The lowest BCUT2D eigenvalue weighted by molar-refractivity contribution is -0.124. The molecule has 2 N–H and O–H groups in total. The third-order valence-electron chi connectivity index (χ3n) is 3.40. The van der Waals surface area contributed by atoms with Crippen LogP contribution in [0.25, 0.3) is 0 Å². The van der Waals surface area contributed by atoms with Gasteiger partial charge in [0.2, 0.25) is 5.91 Å². The summed E-state index contributed by atoms with van der Waals surface area (Å²) in [7, 11) is 3.57. The zero-order valence-electron chi connectivity index (χ0n) is 11.8. The molecule has 0 spiro atoms. The molecular formula is C14H20BrN3O2. The molecule has 0 aromatic heterocycles. The van der Waals surface area contributed by atoms with E-state index in [1.165, 1.54) is 0 Å². The van der Waals surface area contributed by atoms with E-state index >= 15 is 0 Å². The second-order valence-corrected chi connectivity index (χ2v) is 5.62. The molecule has 5 nitrogen and oxygen atoms in total. The third-order valence-corrected chi connectivity index (χ3v) is 3.89. The summed E-state index contributed by atoms with van der Waals surface area (Å²) in [5, 5.41) is 5.88. The van der Waals surface area contributed by atoms with E-state index in [0.29, 0.717) is 13.2 Å². The predicted molar refractivity (Wildman–Crippen MR) is 82.9 cm³/mol. The Labute approximate surface area is 127 Å². The number of benzene rings is 1. The Morgan fingerprint density at radius 1 is 1.50 bits per heavy atom. The molecule has 1 aliphatic rings. The van der Waals surface area contributed by atoms with E-state index in [1.54, 1.807) is 7.05 Å². The van der Waals surface area contributed by atoms with Crippen LogP contribution in [0.3, 0.4) is 0 Å². The van der Waals surface area contributed by atoms with Gasteiger partial charge in [0.25, 0.3) is 0 Å². The zero-order valence-corrected chi connectivity index (χ0v) is 13.4. The summed E-state index contributed by atoms with van der Waals surface area (Å²) < 4.78 is 6.49. The average molecular weight is 342 g/mol. The van der Waals surface area contributed by atoms with Crippen molar-refractivity contribution in [3.8, 4) is 0 Å². The van der Waals surface area contributed by atoms with Crippen LogP contribution in [0.5, 0.6) is 0 Å². The smallest absolute Gasteiger partial charge is 0.244 e. The first-order valence-corrected chi connectivity index (χ1v) is 7.45. The van der Waals surface area contributed by atoms with Gasteiger partial charge in [-0.25, -0.2) is 0 Å². The summed E-state index contributed by atoms with van der Waals surface area (Å²) in [6, 6.07) is 5.87. The number of carbonyl (C=O) groups excluding carboxylic acids is 1.